The van der Waals surface area contributed by atoms with E-state index < -0.39 is 0 Å². The maximum Gasteiger partial charge on any atom is 0.245 e. The number of anilines is 1. The van der Waals surface area contributed by atoms with Gasteiger partial charge in [-0.25, -0.2) is 0 Å². The molecule has 3 fully saturated rings. The van der Waals surface area contributed by atoms with Gasteiger partial charge in [0.2, 0.25) is 5.91 Å². The molecule has 2 aliphatic heterocycles. The standard InChI is InChI=1S/C30H32ClN7O/c1-4-25(39)37-16-30(17-37)11-22(12-30)38-19(3)26(27-23-14-33-34-24(23)10-18(2)28(27)31)29(35-38)36-9-7-21(15-36)20-6-5-8-32-13-20/h4-6,8,10,13-14,21-22H,1,7,9,11-12,15-17H2,2-3H3,(H,33,34). The highest BCUT2D eigenvalue weighted by Gasteiger charge is 2.54. The number of nitrogens with zero attached hydrogens (tertiary/aromatic N) is 6. The number of likely N-dealkylation sites (tertiary alicyclic amines) is 1. The van der Waals surface area contributed by atoms with E-state index in [0.29, 0.717) is 12.0 Å². The van der Waals surface area contributed by atoms with Gasteiger partial charge >= 0.3 is 0 Å². The van der Waals surface area contributed by atoms with Crippen LogP contribution in [-0.2, 0) is 4.79 Å². The molecule has 1 aromatic carbocycles. The topological polar surface area (TPSA) is 82.9 Å². The molecule has 4 aromatic rings. The van der Waals surface area contributed by atoms with Crippen LogP contribution in [0.15, 0.2) is 49.4 Å². The third-order valence-corrected chi connectivity index (χ3v) is 9.60. The molecular weight excluding hydrogens is 510 g/mol. The molecule has 39 heavy (non-hydrogen) atoms. The highest BCUT2D eigenvalue weighted by molar-refractivity contribution is 6.36. The van der Waals surface area contributed by atoms with Gasteiger partial charge in [0.15, 0.2) is 5.82 Å². The van der Waals surface area contributed by atoms with E-state index in [1.165, 1.54) is 11.6 Å². The van der Waals surface area contributed by atoms with Crippen LogP contribution in [-0.4, -0.2) is 61.9 Å². The van der Waals surface area contributed by atoms with Crippen LogP contribution in [0.25, 0.3) is 22.0 Å². The van der Waals surface area contributed by atoms with Gasteiger partial charge in [0.05, 0.1) is 22.8 Å². The van der Waals surface area contributed by atoms with Crippen molar-refractivity contribution < 1.29 is 4.79 Å². The molecule has 1 saturated carbocycles. The van der Waals surface area contributed by atoms with E-state index >= 15 is 0 Å². The molecule has 8 nitrogen and oxygen atoms in total. The van der Waals surface area contributed by atoms with Gasteiger partial charge in [-0.05, 0) is 62.4 Å². The highest BCUT2D eigenvalue weighted by Crippen LogP contribution is 2.55. The van der Waals surface area contributed by atoms with Crippen molar-refractivity contribution in [2.45, 2.75) is 45.1 Å². The lowest BCUT2D eigenvalue weighted by Gasteiger charge is -2.58. The maximum atomic E-state index is 12.0. The van der Waals surface area contributed by atoms with Gasteiger partial charge in [-0.1, -0.05) is 24.2 Å². The quantitative estimate of drug-likeness (QED) is 0.340. The third kappa shape index (κ3) is 3.79. The van der Waals surface area contributed by atoms with Crippen molar-refractivity contribution in [1.82, 2.24) is 29.9 Å². The molecule has 2 saturated heterocycles. The summed E-state index contributed by atoms with van der Waals surface area (Å²) in [6, 6.07) is 6.55. The van der Waals surface area contributed by atoms with Crippen LogP contribution < -0.4 is 4.90 Å². The van der Waals surface area contributed by atoms with Crippen LogP contribution in [0.2, 0.25) is 5.02 Å². The Morgan fingerprint density at radius 2 is 2.05 bits per heavy atom. The van der Waals surface area contributed by atoms with Gasteiger partial charge in [-0.3, -0.25) is 19.6 Å². The van der Waals surface area contributed by atoms with Crippen molar-refractivity contribution in [3.8, 4) is 11.1 Å². The lowest BCUT2D eigenvalue weighted by molar-refractivity contribution is -0.149. The van der Waals surface area contributed by atoms with Crippen LogP contribution in [0, 0.1) is 19.3 Å². The van der Waals surface area contributed by atoms with Gasteiger partial charge in [0.1, 0.15) is 0 Å². The second-order valence-corrected chi connectivity index (χ2v) is 12.0. The molecule has 9 heteroatoms. The van der Waals surface area contributed by atoms with E-state index in [2.05, 4.69) is 50.4 Å². The van der Waals surface area contributed by atoms with Crippen LogP contribution in [0.3, 0.4) is 0 Å². The van der Waals surface area contributed by atoms with E-state index in [4.69, 9.17) is 16.7 Å². The van der Waals surface area contributed by atoms with Crippen LogP contribution >= 0.6 is 11.6 Å². The number of carbonyl (C=O) groups is 1. The molecule has 1 unspecified atom stereocenters. The number of rotatable bonds is 5. The number of hydrogen-bond acceptors (Lipinski definition) is 5. The number of hydrogen-bond donors (Lipinski definition) is 1. The first kappa shape index (κ1) is 24.4. The number of fused-ring (bicyclic) bond motifs is 1. The van der Waals surface area contributed by atoms with Gasteiger partial charge < -0.3 is 9.80 Å². The first-order valence-corrected chi connectivity index (χ1v) is 14.0. The number of carbonyl (C=O) groups excluding carboxylic acids is 1. The summed E-state index contributed by atoms with van der Waals surface area (Å²) >= 11 is 7.06. The minimum absolute atomic E-state index is 0.0272. The van der Waals surface area contributed by atoms with E-state index in [9.17, 15) is 4.79 Å². The van der Waals surface area contributed by atoms with Crippen molar-refractivity contribution in [2.24, 2.45) is 5.41 Å². The van der Waals surface area contributed by atoms with E-state index in [1.54, 1.807) is 0 Å². The predicted molar refractivity (Wildman–Crippen MR) is 153 cm³/mol. The van der Waals surface area contributed by atoms with Crippen molar-refractivity contribution >= 4 is 34.2 Å². The number of aromatic nitrogens is 5. The first-order chi connectivity index (χ1) is 18.9. The van der Waals surface area contributed by atoms with Gasteiger partial charge in [0, 0.05) is 72.1 Å². The fourth-order valence-electron chi connectivity index (χ4n) is 7.08. The van der Waals surface area contributed by atoms with Gasteiger partial charge in [-0.15, -0.1) is 0 Å². The maximum absolute atomic E-state index is 12.0. The van der Waals surface area contributed by atoms with Crippen LogP contribution in [0.4, 0.5) is 5.82 Å². The molecule has 7 rings (SSSR count). The van der Waals surface area contributed by atoms with Gasteiger partial charge in [-0.2, -0.15) is 10.2 Å². The Labute approximate surface area is 232 Å². The molecule has 3 aromatic heterocycles. The predicted octanol–water partition coefficient (Wildman–Crippen LogP) is 5.44. The number of benzene rings is 1. The molecule has 1 amide bonds. The summed E-state index contributed by atoms with van der Waals surface area (Å²) in [5, 5.41) is 14.6. The Hall–Kier alpha value is -3.65. The molecule has 1 atom stereocenters. The number of H-pyrrole nitrogens is 1. The average molecular weight is 542 g/mol. The average Bonchev–Trinajstić information content (AvgIpc) is 3.63. The summed E-state index contributed by atoms with van der Waals surface area (Å²) in [5.74, 6) is 1.43. The Morgan fingerprint density at radius 3 is 2.79 bits per heavy atom. The zero-order chi connectivity index (χ0) is 26.9. The van der Waals surface area contributed by atoms with Crippen molar-refractivity contribution in [3.05, 3.63) is 71.3 Å². The highest BCUT2D eigenvalue weighted by atomic mass is 35.5. The summed E-state index contributed by atoms with van der Waals surface area (Å²) in [7, 11) is 0. The van der Waals surface area contributed by atoms with Crippen LogP contribution in [0.1, 0.15) is 48.0 Å². The summed E-state index contributed by atoms with van der Waals surface area (Å²) in [5.41, 5.74) is 6.70. The normalized spacial score (nSPS) is 20.4. The molecule has 0 radical (unpaired) electrons. The minimum Gasteiger partial charge on any atom is -0.354 e. The van der Waals surface area contributed by atoms with E-state index in [-0.39, 0.29) is 11.3 Å². The lowest BCUT2D eigenvalue weighted by atomic mass is 9.60. The Balaban J connectivity index is 1.27. The van der Waals surface area contributed by atoms with Crippen molar-refractivity contribution in [1.29, 1.82) is 0 Å². The van der Waals surface area contributed by atoms with E-state index in [0.717, 1.165) is 89.6 Å². The Kier molecular flexibility index (Phi) is 5.60. The fraction of sp³-hybridized carbons (Fsp3) is 0.400. The van der Waals surface area contributed by atoms with E-state index in [1.807, 2.05) is 36.5 Å². The Bertz CT molecular complexity index is 1590. The number of nitrogens with one attached hydrogen (secondary N) is 1. The number of halogens is 1. The lowest BCUT2D eigenvalue weighted by Crippen LogP contribution is -2.63. The molecule has 5 heterocycles. The van der Waals surface area contributed by atoms with Crippen molar-refractivity contribution in [2.75, 3.05) is 31.1 Å². The molecule has 200 valence electrons. The largest absolute Gasteiger partial charge is 0.354 e. The zero-order valence-electron chi connectivity index (χ0n) is 22.3. The second-order valence-electron chi connectivity index (χ2n) is 11.6. The molecular formula is C30H32ClN7O. The molecule has 1 N–H and O–H groups in total. The molecule has 1 spiro atoms. The third-order valence-electron chi connectivity index (χ3n) is 9.11. The number of pyridine rings is 1. The number of aryl methyl sites for hydroxylation is 1. The number of amides is 1. The smallest absolute Gasteiger partial charge is 0.245 e. The first-order valence-electron chi connectivity index (χ1n) is 13.7. The molecule has 3 aliphatic rings. The molecule has 0 bridgehead atoms. The fourth-order valence-corrected chi connectivity index (χ4v) is 7.33. The van der Waals surface area contributed by atoms with Crippen LogP contribution in [0.5, 0.6) is 0 Å². The second kappa shape index (κ2) is 8.95. The summed E-state index contributed by atoms with van der Waals surface area (Å²) < 4.78 is 2.23. The monoisotopic (exact) mass is 541 g/mol. The summed E-state index contributed by atoms with van der Waals surface area (Å²) in [6.07, 6.45) is 10.2. The number of aromatic amines is 1. The van der Waals surface area contributed by atoms with Crippen molar-refractivity contribution in [3.63, 3.8) is 0 Å². The minimum atomic E-state index is 0.0272. The zero-order valence-corrected chi connectivity index (χ0v) is 23.1. The summed E-state index contributed by atoms with van der Waals surface area (Å²) in [4.78, 5) is 20.7. The van der Waals surface area contributed by atoms with Gasteiger partial charge in [0.25, 0.3) is 0 Å². The Morgan fingerprint density at radius 1 is 1.23 bits per heavy atom. The molecule has 1 aliphatic carbocycles. The summed E-state index contributed by atoms with van der Waals surface area (Å²) in [6.45, 7) is 11.3. The SMILES string of the molecule is C=CC(=O)N1CC2(CC(n3nc(N4CCC(c5cccnc5)C4)c(-c4c(Cl)c(C)cc5[nH]ncc45)c3C)C2)C1.